The molecule has 120 valence electrons. The van der Waals surface area contributed by atoms with Gasteiger partial charge < -0.3 is 19.1 Å². The fourth-order valence-corrected chi connectivity index (χ4v) is 2.11. The quantitative estimate of drug-likeness (QED) is 0.860. The van der Waals surface area contributed by atoms with Gasteiger partial charge in [0, 0.05) is 19.9 Å². The standard InChI is InChI=1S/C13H11F4NO4/c1-21-5-4-18-6-7(12(19)20)10-9(22-13(15,16)17)3-2-8(14)11(10)18/h2-3,6H,4-5H2,1H3,(H,19,20). The van der Waals surface area contributed by atoms with Gasteiger partial charge in [-0.1, -0.05) is 0 Å². The van der Waals surface area contributed by atoms with E-state index in [0.717, 1.165) is 18.3 Å². The van der Waals surface area contributed by atoms with Crippen molar-refractivity contribution in [1.29, 1.82) is 0 Å². The van der Waals surface area contributed by atoms with Crippen LogP contribution in [0.15, 0.2) is 18.3 Å². The van der Waals surface area contributed by atoms with Crippen LogP contribution in [0.4, 0.5) is 17.6 Å². The summed E-state index contributed by atoms with van der Waals surface area (Å²) in [5.74, 6) is -3.11. The molecule has 2 rings (SSSR count). The summed E-state index contributed by atoms with van der Waals surface area (Å²) in [5, 5.41) is 8.69. The molecule has 0 saturated heterocycles. The molecule has 2 aromatic rings. The summed E-state index contributed by atoms with van der Waals surface area (Å²) in [6.45, 7) is 0.208. The lowest BCUT2D eigenvalue weighted by molar-refractivity contribution is -0.274. The average molecular weight is 321 g/mol. The van der Waals surface area contributed by atoms with Crippen LogP contribution >= 0.6 is 0 Å². The molecular weight excluding hydrogens is 310 g/mol. The average Bonchev–Trinajstić information content (AvgIpc) is 2.79. The molecule has 1 N–H and O–H groups in total. The number of nitrogens with zero attached hydrogens (tertiary/aromatic N) is 1. The van der Waals surface area contributed by atoms with Crippen molar-refractivity contribution >= 4 is 16.9 Å². The van der Waals surface area contributed by atoms with Crippen LogP contribution in [0.3, 0.4) is 0 Å². The molecule has 0 amide bonds. The second kappa shape index (κ2) is 5.84. The Morgan fingerprint density at radius 1 is 1.36 bits per heavy atom. The van der Waals surface area contributed by atoms with Crippen LogP contribution in [0.5, 0.6) is 5.75 Å². The van der Waals surface area contributed by atoms with Gasteiger partial charge in [-0.05, 0) is 12.1 Å². The van der Waals surface area contributed by atoms with E-state index in [2.05, 4.69) is 4.74 Å². The predicted octanol–water partition coefficient (Wildman–Crippen LogP) is 3.02. The first-order valence-electron chi connectivity index (χ1n) is 6.04. The molecule has 5 nitrogen and oxygen atoms in total. The minimum absolute atomic E-state index is 0.0761. The fraction of sp³-hybridized carbons (Fsp3) is 0.308. The Kier molecular flexibility index (Phi) is 4.27. The van der Waals surface area contributed by atoms with E-state index in [4.69, 9.17) is 9.84 Å². The normalized spacial score (nSPS) is 11.9. The molecule has 0 bridgehead atoms. The molecule has 1 aromatic heterocycles. The summed E-state index contributed by atoms with van der Waals surface area (Å²) in [7, 11) is 1.39. The smallest absolute Gasteiger partial charge is 0.478 e. The van der Waals surface area contributed by atoms with Gasteiger partial charge in [-0.25, -0.2) is 9.18 Å². The number of rotatable bonds is 5. The number of benzene rings is 1. The number of aromatic nitrogens is 1. The summed E-state index contributed by atoms with van der Waals surface area (Å²) < 4.78 is 61.0. The summed E-state index contributed by atoms with van der Waals surface area (Å²) in [5.41, 5.74) is -0.763. The zero-order valence-corrected chi connectivity index (χ0v) is 11.3. The van der Waals surface area contributed by atoms with Crippen molar-refractivity contribution in [3.8, 4) is 5.75 Å². The zero-order chi connectivity index (χ0) is 16.5. The van der Waals surface area contributed by atoms with Gasteiger partial charge in [-0.3, -0.25) is 0 Å². The predicted molar refractivity (Wildman–Crippen MR) is 67.4 cm³/mol. The summed E-state index contributed by atoms with van der Waals surface area (Å²) in [6.07, 6.45) is -3.96. The minimum atomic E-state index is -5.02. The molecule has 0 atom stereocenters. The van der Waals surface area contributed by atoms with Gasteiger partial charge >= 0.3 is 12.3 Å². The van der Waals surface area contributed by atoms with Crippen molar-refractivity contribution in [1.82, 2.24) is 4.57 Å². The Balaban J connectivity index is 2.70. The Bertz CT molecular complexity index is 708. The number of ether oxygens (including phenoxy) is 2. The van der Waals surface area contributed by atoms with Crippen molar-refractivity contribution in [3.63, 3.8) is 0 Å². The number of hydrogen-bond donors (Lipinski definition) is 1. The van der Waals surface area contributed by atoms with Gasteiger partial charge in [-0.2, -0.15) is 0 Å². The maximum Gasteiger partial charge on any atom is 0.573 e. The number of alkyl halides is 3. The Labute approximate surface area is 121 Å². The van der Waals surface area contributed by atoms with Crippen LogP contribution in [0, 0.1) is 5.82 Å². The van der Waals surface area contributed by atoms with E-state index in [0.29, 0.717) is 0 Å². The van der Waals surface area contributed by atoms with Gasteiger partial charge in [-0.15, -0.1) is 13.2 Å². The van der Waals surface area contributed by atoms with E-state index in [9.17, 15) is 22.4 Å². The largest absolute Gasteiger partial charge is 0.573 e. The number of methoxy groups -OCH3 is 1. The SMILES string of the molecule is COCCn1cc(C(=O)O)c2c(OC(F)(F)F)ccc(F)c21. The number of carboxylic acid groups (broad SMARTS) is 1. The van der Waals surface area contributed by atoms with E-state index in [1.165, 1.54) is 11.7 Å². The number of fused-ring (bicyclic) bond motifs is 1. The topological polar surface area (TPSA) is 60.7 Å². The number of aromatic carboxylic acids is 1. The maximum absolute atomic E-state index is 14.0. The Hall–Kier alpha value is -2.29. The summed E-state index contributed by atoms with van der Waals surface area (Å²) in [4.78, 5) is 11.2. The molecule has 0 spiro atoms. The molecule has 0 unspecified atom stereocenters. The highest BCUT2D eigenvalue weighted by Gasteiger charge is 2.33. The van der Waals surface area contributed by atoms with Crippen molar-refractivity contribution in [2.24, 2.45) is 0 Å². The lowest BCUT2D eigenvalue weighted by Crippen LogP contribution is -2.17. The lowest BCUT2D eigenvalue weighted by Gasteiger charge is -2.11. The molecule has 22 heavy (non-hydrogen) atoms. The molecular formula is C13H11F4NO4. The molecule has 1 aromatic carbocycles. The van der Waals surface area contributed by atoms with Crippen molar-refractivity contribution in [2.45, 2.75) is 12.9 Å². The highest BCUT2D eigenvalue weighted by Crippen LogP contribution is 2.35. The van der Waals surface area contributed by atoms with Crippen LogP contribution in [-0.4, -0.2) is 35.7 Å². The third kappa shape index (κ3) is 3.14. The molecule has 9 heteroatoms. The first-order chi connectivity index (χ1) is 10.2. The Morgan fingerprint density at radius 2 is 2.05 bits per heavy atom. The van der Waals surface area contributed by atoms with E-state index < -0.39 is 34.8 Å². The number of carboxylic acids is 1. The molecule has 1 heterocycles. The molecule has 0 aliphatic carbocycles. The highest BCUT2D eigenvalue weighted by atomic mass is 19.4. The maximum atomic E-state index is 14.0. The highest BCUT2D eigenvalue weighted by molar-refractivity contribution is 6.06. The fourth-order valence-electron chi connectivity index (χ4n) is 2.11. The van der Waals surface area contributed by atoms with Crippen LogP contribution < -0.4 is 4.74 Å². The summed E-state index contributed by atoms with van der Waals surface area (Å²) >= 11 is 0. The van der Waals surface area contributed by atoms with Crippen LogP contribution in [0.25, 0.3) is 10.9 Å². The number of halogens is 4. The molecule has 0 radical (unpaired) electrons. The number of carbonyl (C=O) groups is 1. The molecule has 0 saturated carbocycles. The minimum Gasteiger partial charge on any atom is -0.478 e. The van der Waals surface area contributed by atoms with E-state index >= 15 is 0 Å². The summed E-state index contributed by atoms with van der Waals surface area (Å²) in [6, 6.07) is 1.54. The van der Waals surface area contributed by atoms with Gasteiger partial charge in [0.2, 0.25) is 0 Å². The van der Waals surface area contributed by atoms with Gasteiger partial charge in [0.05, 0.1) is 23.1 Å². The van der Waals surface area contributed by atoms with Gasteiger partial charge in [0.25, 0.3) is 0 Å². The number of hydrogen-bond acceptors (Lipinski definition) is 3. The first kappa shape index (κ1) is 16.1. The van der Waals surface area contributed by atoms with Gasteiger partial charge in [0.1, 0.15) is 11.6 Å². The van der Waals surface area contributed by atoms with E-state index in [-0.39, 0.29) is 18.7 Å². The first-order valence-corrected chi connectivity index (χ1v) is 6.04. The monoisotopic (exact) mass is 321 g/mol. The van der Waals surface area contributed by atoms with Crippen LogP contribution in [-0.2, 0) is 11.3 Å². The van der Waals surface area contributed by atoms with Crippen molar-refractivity contribution in [3.05, 3.63) is 29.7 Å². The van der Waals surface area contributed by atoms with E-state index in [1.54, 1.807) is 0 Å². The molecule has 0 aliphatic rings. The third-order valence-corrected chi connectivity index (χ3v) is 2.92. The molecule has 0 fully saturated rings. The third-order valence-electron chi connectivity index (χ3n) is 2.92. The second-order valence-electron chi connectivity index (χ2n) is 4.35. The lowest BCUT2D eigenvalue weighted by atomic mass is 10.1. The van der Waals surface area contributed by atoms with Crippen molar-refractivity contribution < 1.29 is 36.9 Å². The Morgan fingerprint density at radius 3 is 2.59 bits per heavy atom. The van der Waals surface area contributed by atoms with Gasteiger partial charge in [0.15, 0.2) is 0 Å². The zero-order valence-electron chi connectivity index (χ0n) is 11.3. The molecule has 0 aliphatic heterocycles. The van der Waals surface area contributed by atoms with Crippen LogP contribution in [0.2, 0.25) is 0 Å². The van der Waals surface area contributed by atoms with E-state index in [1.807, 2.05) is 0 Å². The van der Waals surface area contributed by atoms with Crippen LogP contribution in [0.1, 0.15) is 10.4 Å². The van der Waals surface area contributed by atoms with Crippen molar-refractivity contribution in [2.75, 3.05) is 13.7 Å². The second-order valence-corrected chi connectivity index (χ2v) is 4.35.